The van der Waals surface area contributed by atoms with Gasteiger partial charge in [0.05, 0.1) is 4.99 Å². The maximum absolute atomic E-state index is 5.15. The standard InChI is InChI=1S/C13H25NS/c1-4-5-6-7-8-9-10-11-13(15)14-12(2)3/h10-12H,4-9H2,1-3H3,(H,14,15)/b11-10+. The van der Waals surface area contributed by atoms with Gasteiger partial charge in [-0.3, -0.25) is 0 Å². The van der Waals surface area contributed by atoms with Gasteiger partial charge < -0.3 is 5.32 Å². The summed E-state index contributed by atoms with van der Waals surface area (Å²) in [7, 11) is 0. The normalized spacial score (nSPS) is 11.2. The molecule has 0 rings (SSSR count). The second kappa shape index (κ2) is 10.2. The molecular weight excluding hydrogens is 202 g/mol. The first-order valence-electron chi connectivity index (χ1n) is 6.13. The molecule has 0 saturated carbocycles. The zero-order valence-corrected chi connectivity index (χ0v) is 11.2. The highest BCUT2D eigenvalue weighted by Crippen LogP contribution is 2.05. The quantitative estimate of drug-likeness (QED) is 0.378. The van der Waals surface area contributed by atoms with Crippen LogP contribution in [0.1, 0.15) is 59.3 Å². The third-order valence-electron chi connectivity index (χ3n) is 2.17. The van der Waals surface area contributed by atoms with Gasteiger partial charge in [0.25, 0.3) is 0 Å². The summed E-state index contributed by atoms with van der Waals surface area (Å²) in [5.74, 6) is 0. The fourth-order valence-electron chi connectivity index (χ4n) is 1.39. The van der Waals surface area contributed by atoms with Gasteiger partial charge in [0.2, 0.25) is 0 Å². The van der Waals surface area contributed by atoms with Crippen molar-refractivity contribution in [3.63, 3.8) is 0 Å². The monoisotopic (exact) mass is 227 g/mol. The van der Waals surface area contributed by atoms with Crippen LogP contribution in [-0.2, 0) is 0 Å². The van der Waals surface area contributed by atoms with Crippen molar-refractivity contribution in [2.45, 2.75) is 65.3 Å². The first kappa shape index (κ1) is 14.6. The Morgan fingerprint density at radius 1 is 1.20 bits per heavy atom. The molecule has 1 N–H and O–H groups in total. The van der Waals surface area contributed by atoms with E-state index in [0.29, 0.717) is 6.04 Å². The molecule has 0 fully saturated rings. The highest BCUT2D eigenvalue weighted by molar-refractivity contribution is 7.80. The molecule has 0 aromatic carbocycles. The first-order chi connectivity index (χ1) is 7.16. The molecule has 0 radical (unpaired) electrons. The van der Waals surface area contributed by atoms with E-state index < -0.39 is 0 Å². The van der Waals surface area contributed by atoms with Crippen LogP contribution in [0.25, 0.3) is 0 Å². The Morgan fingerprint density at radius 2 is 1.87 bits per heavy atom. The predicted molar refractivity (Wildman–Crippen MR) is 73.4 cm³/mol. The third kappa shape index (κ3) is 11.6. The van der Waals surface area contributed by atoms with Crippen molar-refractivity contribution in [2.75, 3.05) is 0 Å². The van der Waals surface area contributed by atoms with Gasteiger partial charge in [-0.2, -0.15) is 0 Å². The lowest BCUT2D eigenvalue weighted by molar-refractivity contribution is 0.637. The Hall–Kier alpha value is -0.370. The topological polar surface area (TPSA) is 12.0 Å². The van der Waals surface area contributed by atoms with Gasteiger partial charge in [-0.25, -0.2) is 0 Å². The zero-order valence-electron chi connectivity index (χ0n) is 10.4. The molecule has 0 unspecified atom stereocenters. The Balaban J connectivity index is 3.34. The van der Waals surface area contributed by atoms with Crippen LogP contribution >= 0.6 is 12.2 Å². The molecule has 0 aromatic rings. The molecule has 88 valence electrons. The summed E-state index contributed by atoms with van der Waals surface area (Å²) in [5.41, 5.74) is 0. The van der Waals surface area contributed by atoms with Gasteiger partial charge in [0, 0.05) is 6.04 Å². The van der Waals surface area contributed by atoms with Crippen molar-refractivity contribution < 1.29 is 0 Å². The van der Waals surface area contributed by atoms with E-state index in [4.69, 9.17) is 12.2 Å². The van der Waals surface area contributed by atoms with Crippen LogP contribution in [0.2, 0.25) is 0 Å². The minimum Gasteiger partial charge on any atom is -0.374 e. The summed E-state index contributed by atoms with van der Waals surface area (Å²) in [6.07, 6.45) is 12.1. The first-order valence-corrected chi connectivity index (χ1v) is 6.54. The van der Waals surface area contributed by atoms with Crippen molar-refractivity contribution in [3.8, 4) is 0 Å². The van der Waals surface area contributed by atoms with E-state index in [1.807, 2.05) is 6.08 Å². The van der Waals surface area contributed by atoms with Gasteiger partial charge in [0.15, 0.2) is 0 Å². The smallest absolute Gasteiger partial charge is 0.0986 e. The molecule has 2 heteroatoms. The summed E-state index contributed by atoms with van der Waals surface area (Å²) in [6, 6.07) is 0.437. The van der Waals surface area contributed by atoms with E-state index in [0.717, 1.165) is 11.4 Å². The van der Waals surface area contributed by atoms with Crippen molar-refractivity contribution in [2.24, 2.45) is 0 Å². The van der Waals surface area contributed by atoms with Crippen LogP contribution in [0.15, 0.2) is 12.2 Å². The fourth-order valence-corrected chi connectivity index (χ4v) is 1.72. The maximum atomic E-state index is 5.15. The Bertz CT molecular complexity index is 185. The van der Waals surface area contributed by atoms with Crippen LogP contribution in [0.3, 0.4) is 0 Å². The Labute approximate surface area is 100 Å². The van der Waals surface area contributed by atoms with E-state index in [9.17, 15) is 0 Å². The van der Waals surface area contributed by atoms with Crippen molar-refractivity contribution >= 4 is 17.2 Å². The Morgan fingerprint density at radius 3 is 2.47 bits per heavy atom. The van der Waals surface area contributed by atoms with E-state index in [2.05, 4.69) is 32.2 Å². The molecule has 1 nitrogen and oxygen atoms in total. The average Bonchev–Trinajstić information content (AvgIpc) is 2.15. The minimum atomic E-state index is 0.437. The minimum absolute atomic E-state index is 0.437. The molecule has 0 atom stereocenters. The van der Waals surface area contributed by atoms with Gasteiger partial charge >= 0.3 is 0 Å². The highest BCUT2D eigenvalue weighted by Gasteiger charge is 1.92. The fraction of sp³-hybridized carbons (Fsp3) is 0.769. The lowest BCUT2D eigenvalue weighted by Crippen LogP contribution is -2.26. The average molecular weight is 227 g/mol. The third-order valence-corrected chi connectivity index (χ3v) is 2.43. The molecule has 0 bridgehead atoms. The summed E-state index contributed by atoms with van der Waals surface area (Å²) < 4.78 is 0. The summed E-state index contributed by atoms with van der Waals surface area (Å²) >= 11 is 5.15. The molecule has 0 amide bonds. The summed E-state index contributed by atoms with van der Waals surface area (Å²) in [6.45, 7) is 6.45. The summed E-state index contributed by atoms with van der Waals surface area (Å²) in [5, 5.41) is 3.20. The number of hydrogen-bond acceptors (Lipinski definition) is 1. The van der Waals surface area contributed by atoms with Crippen LogP contribution < -0.4 is 5.32 Å². The van der Waals surface area contributed by atoms with Crippen molar-refractivity contribution in [3.05, 3.63) is 12.2 Å². The number of allylic oxidation sites excluding steroid dienone is 1. The van der Waals surface area contributed by atoms with Gasteiger partial charge in [0.1, 0.15) is 0 Å². The second-order valence-corrected chi connectivity index (χ2v) is 4.71. The van der Waals surface area contributed by atoms with Crippen molar-refractivity contribution in [1.82, 2.24) is 5.32 Å². The van der Waals surface area contributed by atoms with Crippen LogP contribution in [0.5, 0.6) is 0 Å². The summed E-state index contributed by atoms with van der Waals surface area (Å²) in [4.78, 5) is 0.860. The number of unbranched alkanes of at least 4 members (excludes halogenated alkanes) is 5. The predicted octanol–water partition coefficient (Wildman–Crippen LogP) is 4.23. The Kier molecular flexibility index (Phi) is 9.91. The molecule has 0 spiro atoms. The molecular formula is C13H25NS. The largest absolute Gasteiger partial charge is 0.374 e. The molecule has 0 saturated heterocycles. The lowest BCUT2D eigenvalue weighted by Gasteiger charge is -2.06. The molecule has 0 aliphatic carbocycles. The van der Waals surface area contributed by atoms with Gasteiger partial charge in [-0.15, -0.1) is 0 Å². The maximum Gasteiger partial charge on any atom is 0.0986 e. The van der Waals surface area contributed by atoms with Gasteiger partial charge in [-0.05, 0) is 32.8 Å². The molecule has 15 heavy (non-hydrogen) atoms. The van der Waals surface area contributed by atoms with E-state index >= 15 is 0 Å². The van der Waals surface area contributed by atoms with Crippen LogP contribution in [-0.4, -0.2) is 11.0 Å². The molecule has 0 aromatic heterocycles. The molecule has 0 aliphatic rings. The molecule has 0 heterocycles. The zero-order chi connectivity index (χ0) is 11.5. The SMILES string of the molecule is CCCCCCC/C=C/C(=S)NC(C)C. The van der Waals surface area contributed by atoms with Crippen LogP contribution in [0.4, 0.5) is 0 Å². The van der Waals surface area contributed by atoms with Crippen LogP contribution in [0, 0.1) is 0 Å². The number of rotatable bonds is 8. The van der Waals surface area contributed by atoms with E-state index in [1.165, 1.54) is 32.1 Å². The number of hydrogen-bond donors (Lipinski definition) is 1. The van der Waals surface area contributed by atoms with Gasteiger partial charge in [-0.1, -0.05) is 50.9 Å². The van der Waals surface area contributed by atoms with E-state index in [-0.39, 0.29) is 0 Å². The number of thiocarbonyl (C=S) groups is 1. The lowest BCUT2D eigenvalue weighted by atomic mass is 10.1. The second-order valence-electron chi connectivity index (χ2n) is 4.27. The van der Waals surface area contributed by atoms with E-state index in [1.54, 1.807) is 0 Å². The molecule has 0 aliphatic heterocycles. The number of nitrogens with one attached hydrogen (secondary N) is 1. The highest BCUT2D eigenvalue weighted by atomic mass is 32.1. The van der Waals surface area contributed by atoms with Crippen molar-refractivity contribution in [1.29, 1.82) is 0 Å².